The number of rotatable bonds is 5. The van der Waals surface area contributed by atoms with Crippen molar-refractivity contribution in [1.29, 1.82) is 0 Å². The van der Waals surface area contributed by atoms with Gasteiger partial charge in [-0.25, -0.2) is 8.42 Å². The molecule has 1 aliphatic rings. The molecule has 1 atom stereocenters. The molecule has 0 bridgehead atoms. The molecule has 0 radical (unpaired) electrons. The number of piperidine rings is 1. The lowest BCUT2D eigenvalue weighted by Crippen LogP contribution is -2.51. The number of primary amides is 1. The summed E-state index contributed by atoms with van der Waals surface area (Å²) in [5, 5.41) is 0. The summed E-state index contributed by atoms with van der Waals surface area (Å²) in [5.74, 6) is -0.512. The van der Waals surface area contributed by atoms with E-state index in [2.05, 4.69) is 0 Å². The van der Waals surface area contributed by atoms with Gasteiger partial charge in [0.15, 0.2) is 0 Å². The molecule has 1 fully saturated rings. The first kappa shape index (κ1) is 14.4. The Hall–Kier alpha value is -0.660. The third-order valence-electron chi connectivity index (χ3n) is 2.94. The van der Waals surface area contributed by atoms with E-state index in [1.54, 1.807) is 4.90 Å². The summed E-state index contributed by atoms with van der Waals surface area (Å²) in [6, 6.07) is -0.657. The second-order valence-corrected chi connectivity index (χ2v) is 6.69. The Labute approximate surface area is 103 Å². The minimum atomic E-state index is -3.38. The maximum Gasteiger partial charge on any atom is 0.235 e. The van der Waals surface area contributed by atoms with Crippen molar-refractivity contribution in [3.05, 3.63) is 0 Å². The van der Waals surface area contributed by atoms with Crippen LogP contribution in [0.5, 0.6) is 0 Å². The van der Waals surface area contributed by atoms with E-state index in [4.69, 9.17) is 5.73 Å². The van der Waals surface area contributed by atoms with Crippen molar-refractivity contribution in [1.82, 2.24) is 9.21 Å². The average Bonchev–Trinajstić information content (AvgIpc) is 2.26. The molecule has 1 unspecified atom stereocenters. The van der Waals surface area contributed by atoms with E-state index < -0.39 is 22.0 Å². The normalized spacial score (nSPS) is 22.9. The molecule has 0 spiro atoms. The molecule has 0 saturated carbocycles. The summed E-state index contributed by atoms with van der Waals surface area (Å²) < 4.78 is 25.5. The molecule has 1 heterocycles. The van der Waals surface area contributed by atoms with Gasteiger partial charge in [-0.2, -0.15) is 4.31 Å². The quantitative estimate of drug-likeness (QED) is 0.705. The van der Waals surface area contributed by atoms with Gasteiger partial charge < -0.3 is 10.6 Å². The van der Waals surface area contributed by atoms with Crippen LogP contribution >= 0.6 is 0 Å². The van der Waals surface area contributed by atoms with Gasteiger partial charge in [0.1, 0.15) is 6.04 Å². The van der Waals surface area contributed by atoms with E-state index in [1.165, 1.54) is 4.31 Å². The molecule has 1 aliphatic heterocycles. The second-order valence-electron chi connectivity index (χ2n) is 4.64. The molecular formula is C10H21N3O3S. The highest BCUT2D eigenvalue weighted by Gasteiger charge is 2.35. The highest BCUT2D eigenvalue weighted by atomic mass is 32.2. The number of amides is 1. The number of hydrogen-bond donors (Lipinski definition) is 1. The van der Waals surface area contributed by atoms with Crippen LogP contribution in [0.4, 0.5) is 0 Å². The summed E-state index contributed by atoms with van der Waals surface area (Å²) in [7, 11) is 0.252. The van der Waals surface area contributed by atoms with Crippen molar-refractivity contribution in [2.75, 3.05) is 32.9 Å². The Balaban J connectivity index is 2.76. The van der Waals surface area contributed by atoms with Crippen molar-refractivity contribution < 1.29 is 13.2 Å². The Morgan fingerprint density at radius 2 is 2.06 bits per heavy atom. The lowest BCUT2D eigenvalue weighted by molar-refractivity contribution is -0.122. The summed E-state index contributed by atoms with van der Waals surface area (Å²) >= 11 is 0. The van der Waals surface area contributed by atoms with Crippen LogP contribution in [-0.2, 0) is 14.8 Å². The molecule has 2 N–H and O–H groups in total. The van der Waals surface area contributed by atoms with Crippen molar-refractivity contribution in [2.24, 2.45) is 5.73 Å². The highest BCUT2D eigenvalue weighted by Crippen LogP contribution is 2.20. The van der Waals surface area contributed by atoms with Crippen LogP contribution in [0, 0.1) is 0 Å². The van der Waals surface area contributed by atoms with E-state index >= 15 is 0 Å². The highest BCUT2D eigenvalue weighted by molar-refractivity contribution is 7.89. The fourth-order valence-corrected chi connectivity index (χ4v) is 3.77. The zero-order chi connectivity index (χ0) is 13.1. The molecule has 1 saturated heterocycles. The molecule has 100 valence electrons. The minimum Gasteiger partial charge on any atom is -0.368 e. The van der Waals surface area contributed by atoms with Crippen LogP contribution in [0.25, 0.3) is 0 Å². The molecule has 0 aromatic heterocycles. The van der Waals surface area contributed by atoms with Crippen molar-refractivity contribution in [3.8, 4) is 0 Å². The van der Waals surface area contributed by atoms with Crippen LogP contribution in [0.15, 0.2) is 0 Å². The van der Waals surface area contributed by atoms with Gasteiger partial charge in [-0.15, -0.1) is 0 Å². The lowest BCUT2D eigenvalue weighted by atomic mass is 10.0. The van der Waals surface area contributed by atoms with Crippen molar-refractivity contribution in [2.45, 2.75) is 25.3 Å². The van der Waals surface area contributed by atoms with Gasteiger partial charge in [0.25, 0.3) is 0 Å². The third-order valence-corrected chi connectivity index (χ3v) is 4.79. The minimum absolute atomic E-state index is 0.0315. The number of carbonyl (C=O) groups excluding carboxylic acids is 1. The Bertz CT molecular complexity index is 367. The van der Waals surface area contributed by atoms with Crippen molar-refractivity contribution in [3.63, 3.8) is 0 Å². The molecule has 6 nitrogen and oxygen atoms in total. The molecule has 0 aromatic rings. The largest absolute Gasteiger partial charge is 0.368 e. The molecular weight excluding hydrogens is 242 g/mol. The number of carbonyl (C=O) groups is 1. The first-order valence-electron chi connectivity index (χ1n) is 5.78. The molecule has 0 aromatic carbocycles. The van der Waals surface area contributed by atoms with E-state index in [9.17, 15) is 13.2 Å². The summed E-state index contributed by atoms with van der Waals surface area (Å²) in [6.07, 6.45) is 2.19. The summed E-state index contributed by atoms with van der Waals surface area (Å²) in [4.78, 5) is 13.1. The Kier molecular flexibility index (Phi) is 4.91. The maximum absolute atomic E-state index is 12.1. The topological polar surface area (TPSA) is 83.7 Å². The van der Waals surface area contributed by atoms with Gasteiger partial charge in [-0.05, 0) is 26.9 Å². The number of sulfonamides is 1. The molecule has 1 rings (SSSR count). The maximum atomic E-state index is 12.1. The molecule has 17 heavy (non-hydrogen) atoms. The van der Waals surface area contributed by atoms with E-state index in [-0.39, 0.29) is 5.75 Å². The van der Waals surface area contributed by atoms with Crippen LogP contribution < -0.4 is 5.73 Å². The SMILES string of the molecule is CN(C)CCS(=O)(=O)N1CCCCC1C(N)=O. The van der Waals surface area contributed by atoms with Crippen LogP contribution in [0.2, 0.25) is 0 Å². The predicted octanol–water partition coefficient (Wildman–Crippen LogP) is -0.782. The van der Waals surface area contributed by atoms with Gasteiger partial charge in [0.2, 0.25) is 15.9 Å². The van der Waals surface area contributed by atoms with E-state index in [1.807, 2.05) is 14.1 Å². The second kappa shape index (κ2) is 5.79. The lowest BCUT2D eigenvalue weighted by Gasteiger charge is -2.32. The molecule has 0 aliphatic carbocycles. The zero-order valence-electron chi connectivity index (χ0n) is 10.4. The number of nitrogens with two attached hydrogens (primary N) is 1. The molecule has 1 amide bonds. The monoisotopic (exact) mass is 263 g/mol. The van der Waals surface area contributed by atoms with Gasteiger partial charge in [0, 0.05) is 13.1 Å². The van der Waals surface area contributed by atoms with Crippen LogP contribution in [0.1, 0.15) is 19.3 Å². The fraction of sp³-hybridized carbons (Fsp3) is 0.900. The van der Waals surface area contributed by atoms with Gasteiger partial charge in [-0.3, -0.25) is 4.79 Å². The van der Waals surface area contributed by atoms with E-state index in [0.29, 0.717) is 19.5 Å². The van der Waals surface area contributed by atoms with Crippen molar-refractivity contribution >= 4 is 15.9 Å². The Morgan fingerprint density at radius 1 is 1.41 bits per heavy atom. The van der Waals surface area contributed by atoms with E-state index in [0.717, 1.165) is 12.8 Å². The third kappa shape index (κ3) is 3.93. The molecule has 7 heteroatoms. The zero-order valence-corrected chi connectivity index (χ0v) is 11.2. The van der Waals surface area contributed by atoms with Gasteiger partial charge >= 0.3 is 0 Å². The Morgan fingerprint density at radius 3 is 2.59 bits per heavy atom. The van der Waals surface area contributed by atoms with Gasteiger partial charge in [-0.1, -0.05) is 6.42 Å². The smallest absolute Gasteiger partial charge is 0.235 e. The van der Waals surface area contributed by atoms with Crippen LogP contribution in [0.3, 0.4) is 0 Å². The summed E-state index contributed by atoms with van der Waals surface area (Å²) in [5.41, 5.74) is 5.25. The average molecular weight is 263 g/mol. The fourth-order valence-electron chi connectivity index (χ4n) is 1.94. The number of hydrogen-bond acceptors (Lipinski definition) is 4. The van der Waals surface area contributed by atoms with Gasteiger partial charge in [0.05, 0.1) is 5.75 Å². The number of nitrogens with zero attached hydrogens (tertiary/aromatic N) is 2. The predicted molar refractivity (Wildman–Crippen MR) is 65.9 cm³/mol. The first-order valence-corrected chi connectivity index (χ1v) is 7.39. The first-order chi connectivity index (χ1) is 7.84. The standard InChI is InChI=1S/C10H21N3O3S/c1-12(2)7-8-17(15,16)13-6-4-3-5-9(13)10(11)14/h9H,3-8H2,1-2H3,(H2,11,14). The van der Waals surface area contributed by atoms with Crippen LogP contribution in [-0.4, -0.2) is 62.5 Å². The summed E-state index contributed by atoms with van der Waals surface area (Å²) in [6.45, 7) is 0.855.